The van der Waals surface area contributed by atoms with E-state index in [1.807, 2.05) is 32.0 Å². The maximum absolute atomic E-state index is 13.2. The fourth-order valence-electron chi connectivity index (χ4n) is 3.30. The van der Waals surface area contributed by atoms with E-state index in [4.69, 9.17) is 4.74 Å². The van der Waals surface area contributed by atoms with E-state index >= 15 is 0 Å². The van der Waals surface area contributed by atoms with E-state index in [-0.39, 0.29) is 18.0 Å². The molecule has 0 aromatic heterocycles. The molecule has 2 aromatic carbocycles. The summed E-state index contributed by atoms with van der Waals surface area (Å²) in [5.74, 6) is -0.534. The molecule has 0 bridgehead atoms. The molecule has 0 radical (unpaired) electrons. The first-order valence-electron chi connectivity index (χ1n) is 8.69. The number of rotatable bonds is 4. The molecule has 6 heteroatoms. The first-order valence-corrected chi connectivity index (χ1v) is 10.1. The predicted molar refractivity (Wildman–Crippen MR) is 99.3 cm³/mol. The van der Waals surface area contributed by atoms with Crippen LogP contribution in [0.15, 0.2) is 47.4 Å². The van der Waals surface area contributed by atoms with Crippen LogP contribution in [0.5, 0.6) is 0 Å². The van der Waals surface area contributed by atoms with Gasteiger partial charge in [0.1, 0.15) is 6.04 Å². The Balaban J connectivity index is 2.09. The van der Waals surface area contributed by atoms with Gasteiger partial charge in [0.2, 0.25) is 10.0 Å². The molecule has 1 unspecified atom stereocenters. The van der Waals surface area contributed by atoms with Crippen molar-refractivity contribution in [2.24, 2.45) is 0 Å². The van der Waals surface area contributed by atoms with Gasteiger partial charge in [-0.1, -0.05) is 41.5 Å². The number of carbonyl (C=O) groups excluding carboxylic acids is 1. The lowest BCUT2D eigenvalue weighted by Gasteiger charge is -2.35. The van der Waals surface area contributed by atoms with Crippen LogP contribution in [0.4, 0.5) is 0 Å². The number of nitrogens with zero attached hydrogens (tertiary/aromatic N) is 1. The topological polar surface area (TPSA) is 63.7 Å². The van der Waals surface area contributed by atoms with E-state index in [1.54, 1.807) is 31.2 Å². The van der Waals surface area contributed by atoms with Crippen molar-refractivity contribution in [1.82, 2.24) is 4.31 Å². The monoisotopic (exact) mass is 373 g/mol. The second-order valence-electron chi connectivity index (χ2n) is 6.54. The summed E-state index contributed by atoms with van der Waals surface area (Å²) >= 11 is 0. The Morgan fingerprint density at radius 1 is 1.12 bits per heavy atom. The van der Waals surface area contributed by atoms with Gasteiger partial charge in [0.15, 0.2) is 0 Å². The Morgan fingerprint density at radius 3 is 2.42 bits per heavy atom. The summed E-state index contributed by atoms with van der Waals surface area (Å²) in [5.41, 5.74) is 3.76. The van der Waals surface area contributed by atoms with Crippen molar-refractivity contribution in [2.75, 3.05) is 13.2 Å². The summed E-state index contributed by atoms with van der Waals surface area (Å²) < 4.78 is 32.9. The summed E-state index contributed by atoms with van der Waals surface area (Å²) in [6.45, 7) is 6.05. The molecule has 0 aliphatic carbocycles. The normalized spacial score (nSPS) is 17.6. The number of hydrogen-bond donors (Lipinski definition) is 0. The summed E-state index contributed by atoms with van der Waals surface area (Å²) in [6, 6.07) is 11.5. The Kier molecular flexibility index (Phi) is 5.16. The lowest BCUT2D eigenvalue weighted by Crippen LogP contribution is -2.44. The van der Waals surface area contributed by atoms with E-state index in [9.17, 15) is 13.2 Å². The largest absolute Gasteiger partial charge is 0.465 e. The zero-order chi connectivity index (χ0) is 18.9. The average Bonchev–Trinajstić information content (AvgIpc) is 2.61. The van der Waals surface area contributed by atoms with Crippen molar-refractivity contribution in [3.05, 3.63) is 64.7 Å². The van der Waals surface area contributed by atoms with Gasteiger partial charge in [0.25, 0.3) is 0 Å². The average molecular weight is 373 g/mol. The standard InChI is InChI=1S/C20H23NO4S/c1-4-25-20(22)19-18-10-7-15(3)13-16(18)11-12-21(19)26(23,24)17-8-5-14(2)6-9-17/h5-10,13,19H,4,11-12H2,1-3H3. The fourth-order valence-corrected chi connectivity index (χ4v) is 4.86. The molecule has 1 aliphatic rings. The highest BCUT2D eigenvalue weighted by atomic mass is 32.2. The van der Waals surface area contributed by atoms with Gasteiger partial charge in [0.05, 0.1) is 11.5 Å². The van der Waals surface area contributed by atoms with E-state index in [1.165, 1.54) is 4.31 Å². The number of hydrogen-bond acceptors (Lipinski definition) is 4. The maximum atomic E-state index is 13.2. The van der Waals surface area contributed by atoms with Gasteiger partial charge in [0, 0.05) is 6.54 Å². The number of sulfonamides is 1. The van der Waals surface area contributed by atoms with Crippen LogP contribution in [0.1, 0.15) is 35.2 Å². The summed E-state index contributed by atoms with van der Waals surface area (Å²) in [6.07, 6.45) is 0.567. The third-order valence-corrected chi connectivity index (χ3v) is 6.50. The molecule has 0 saturated heterocycles. The number of aryl methyl sites for hydroxylation is 2. The van der Waals surface area contributed by atoms with Crippen LogP contribution in [0, 0.1) is 13.8 Å². The molecule has 1 aliphatic heterocycles. The minimum atomic E-state index is -3.81. The Labute approximate surface area is 154 Å². The number of fused-ring (bicyclic) bond motifs is 1. The van der Waals surface area contributed by atoms with Crippen molar-refractivity contribution in [1.29, 1.82) is 0 Å². The molecule has 3 rings (SSSR count). The van der Waals surface area contributed by atoms with Crippen molar-refractivity contribution in [3.8, 4) is 0 Å². The lowest BCUT2D eigenvalue weighted by molar-refractivity contribution is -0.148. The van der Waals surface area contributed by atoms with Crippen LogP contribution >= 0.6 is 0 Å². The number of ether oxygens (including phenoxy) is 1. The molecular formula is C20H23NO4S. The summed E-state index contributed by atoms with van der Waals surface area (Å²) in [7, 11) is -3.81. The van der Waals surface area contributed by atoms with Crippen molar-refractivity contribution >= 4 is 16.0 Å². The molecule has 0 spiro atoms. The third-order valence-electron chi connectivity index (χ3n) is 4.62. The molecule has 0 saturated carbocycles. The van der Waals surface area contributed by atoms with Gasteiger partial charge in [-0.15, -0.1) is 0 Å². The molecule has 1 atom stereocenters. The molecule has 0 fully saturated rings. The minimum Gasteiger partial charge on any atom is -0.465 e. The number of carbonyl (C=O) groups is 1. The molecule has 0 amide bonds. The molecular weight excluding hydrogens is 350 g/mol. The number of benzene rings is 2. The quantitative estimate of drug-likeness (QED) is 0.773. The predicted octanol–water partition coefficient (Wildman–Crippen LogP) is 3.15. The second kappa shape index (κ2) is 7.21. The van der Waals surface area contributed by atoms with E-state index in [0.29, 0.717) is 12.0 Å². The first-order chi connectivity index (χ1) is 12.3. The zero-order valence-corrected chi connectivity index (χ0v) is 16.0. The smallest absolute Gasteiger partial charge is 0.329 e. The van der Waals surface area contributed by atoms with E-state index in [2.05, 4.69) is 0 Å². The zero-order valence-electron chi connectivity index (χ0n) is 15.2. The Bertz CT molecular complexity index is 919. The first kappa shape index (κ1) is 18.6. The highest BCUT2D eigenvalue weighted by Crippen LogP contribution is 2.35. The van der Waals surface area contributed by atoms with Crippen molar-refractivity contribution in [3.63, 3.8) is 0 Å². The Hall–Kier alpha value is -2.18. The molecule has 1 heterocycles. The highest BCUT2D eigenvalue weighted by Gasteiger charge is 2.41. The Morgan fingerprint density at radius 2 is 1.77 bits per heavy atom. The molecule has 5 nitrogen and oxygen atoms in total. The van der Waals surface area contributed by atoms with Gasteiger partial charge < -0.3 is 4.74 Å². The third kappa shape index (κ3) is 3.39. The van der Waals surface area contributed by atoms with Crippen molar-refractivity contribution in [2.45, 2.75) is 38.1 Å². The maximum Gasteiger partial charge on any atom is 0.329 e. The van der Waals surface area contributed by atoms with E-state index < -0.39 is 22.0 Å². The van der Waals surface area contributed by atoms with Gasteiger partial charge >= 0.3 is 5.97 Å². The van der Waals surface area contributed by atoms with Crippen LogP contribution in [0.25, 0.3) is 0 Å². The molecule has 2 aromatic rings. The van der Waals surface area contributed by atoms with Crippen LogP contribution in [0.3, 0.4) is 0 Å². The highest BCUT2D eigenvalue weighted by molar-refractivity contribution is 7.89. The molecule has 138 valence electrons. The number of esters is 1. The second-order valence-corrected chi connectivity index (χ2v) is 8.43. The van der Waals surface area contributed by atoms with Gasteiger partial charge in [-0.3, -0.25) is 0 Å². The van der Waals surface area contributed by atoms with Gasteiger partial charge in [-0.2, -0.15) is 4.31 Å². The van der Waals surface area contributed by atoms with Gasteiger partial charge in [-0.05, 0) is 50.5 Å². The minimum absolute atomic E-state index is 0.188. The SMILES string of the molecule is CCOC(=O)C1c2ccc(C)cc2CCN1S(=O)(=O)c1ccc(C)cc1. The van der Waals surface area contributed by atoms with Crippen LogP contribution in [-0.4, -0.2) is 31.8 Å². The summed E-state index contributed by atoms with van der Waals surface area (Å²) in [5, 5.41) is 0. The van der Waals surface area contributed by atoms with Crippen LogP contribution in [0.2, 0.25) is 0 Å². The van der Waals surface area contributed by atoms with Crippen molar-refractivity contribution < 1.29 is 17.9 Å². The molecule has 26 heavy (non-hydrogen) atoms. The van der Waals surface area contributed by atoms with E-state index in [0.717, 1.165) is 16.7 Å². The lowest BCUT2D eigenvalue weighted by atomic mass is 9.93. The van der Waals surface area contributed by atoms with Gasteiger partial charge in [-0.25, -0.2) is 13.2 Å². The van der Waals surface area contributed by atoms with Crippen LogP contribution in [-0.2, 0) is 26.0 Å². The van der Waals surface area contributed by atoms with Crippen LogP contribution < -0.4 is 0 Å². The fraction of sp³-hybridized carbons (Fsp3) is 0.350. The molecule has 0 N–H and O–H groups in total. The summed E-state index contributed by atoms with van der Waals surface area (Å²) in [4.78, 5) is 12.8.